The molecule has 0 amide bonds. The third-order valence-corrected chi connectivity index (χ3v) is 5.83. The summed E-state index contributed by atoms with van der Waals surface area (Å²) in [7, 11) is 0. The Morgan fingerprint density at radius 1 is 1.09 bits per heavy atom. The van der Waals surface area contributed by atoms with Gasteiger partial charge in [0.15, 0.2) is 5.78 Å². The monoisotopic (exact) mass is 456 g/mol. The summed E-state index contributed by atoms with van der Waals surface area (Å²) in [5, 5.41) is 4.17. The lowest BCUT2D eigenvalue weighted by Gasteiger charge is -2.15. The molecule has 0 atom stereocenters. The van der Waals surface area contributed by atoms with Crippen molar-refractivity contribution in [1.29, 1.82) is 0 Å². The van der Waals surface area contributed by atoms with Crippen molar-refractivity contribution in [1.82, 2.24) is 9.97 Å². The van der Waals surface area contributed by atoms with Crippen LogP contribution >= 0.6 is 0 Å². The number of nitrogens with one attached hydrogen (secondary N) is 1. The van der Waals surface area contributed by atoms with E-state index in [0.29, 0.717) is 36.0 Å². The van der Waals surface area contributed by atoms with E-state index >= 15 is 0 Å². The van der Waals surface area contributed by atoms with E-state index in [1.807, 2.05) is 37.3 Å². The van der Waals surface area contributed by atoms with Gasteiger partial charge in [0.25, 0.3) is 0 Å². The summed E-state index contributed by atoms with van der Waals surface area (Å²) in [4.78, 5) is 22.0. The molecule has 0 aliphatic heterocycles. The number of halogens is 1. The fraction of sp³-hybridized carbons (Fsp3) is 0.222. The van der Waals surface area contributed by atoms with Crippen LogP contribution < -0.4 is 15.8 Å². The number of hydrogen-bond acceptors (Lipinski definition) is 6. The van der Waals surface area contributed by atoms with E-state index in [1.165, 1.54) is 12.1 Å². The lowest BCUT2D eigenvalue weighted by molar-refractivity contribution is 0.0968. The quantitative estimate of drug-likeness (QED) is 0.344. The lowest BCUT2D eigenvalue weighted by atomic mass is 9.98. The SMILES string of the molecule is Cc1cc(F)cc(-c2ccc3ncc(C(=O)C4CC4)c(Nc4ccc(OCCN)nc4)c3c2)c1. The number of Topliss-reactive ketones (excluding diaryl/α,β-unsaturated/α-hetero) is 1. The van der Waals surface area contributed by atoms with E-state index in [-0.39, 0.29) is 17.5 Å². The van der Waals surface area contributed by atoms with E-state index in [0.717, 1.165) is 40.4 Å². The number of pyridine rings is 2. The highest BCUT2D eigenvalue weighted by molar-refractivity contribution is 6.11. The van der Waals surface area contributed by atoms with Crippen LogP contribution in [-0.4, -0.2) is 28.9 Å². The average Bonchev–Trinajstić information content (AvgIpc) is 3.68. The summed E-state index contributed by atoms with van der Waals surface area (Å²) < 4.78 is 19.5. The minimum atomic E-state index is -0.285. The number of aryl methyl sites for hydroxylation is 1. The summed E-state index contributed by atoms with van der Waals surface area (Å²) in [6.45, 7) is 2.66. The summed E-state index contributed by atoms with van der Waals surface area (Å²) in [5.41, 5.74) is 10.6. The predicted molar refractivity (Wildman–Crippen MR) is 131 cm³/mol. The molecule has 4 aromatic rings. The number of ether oxygens (including phenoxy) is 1. The first kappa shape index (κ1) is 22.0. The number of carbonyl (C=O) groups excluding carboxylic acids is 1. The van der Waals surface area contributed by atoms with Gasteiger partial charge in [-0.2, -0.15) is 0 Å². The zero-order valence-electron chi connectivity index (χ0n) is 18.8. The van der Waals surface area contributed by atoms with Gasteiger partial charge < -0.3 is 15.8 Å². The van der Waals surface area contributed by atoms with Crippen LogP contribution in [0.15, 0.2) is 60.9 Å². The molecule has 1 saturated carbocycles. The first-order valence-electron chi connectivity index (χ1n) is 11.3. The number of carbonyl (C=O) groups is 1. The standard InChI is InChI=1S/C27H25FN4O2/c1-16-10-19(12-20(28)11-16)18-4-6-24-22(13-18)26(23(15-30-24)27(33)17-2-3-17)32-21-5-7-25(31-14-21)34-9-8-29/h4-7,10-15,17H,2-3,8-9,29H2,1H3,(H,30,32). The zero-order valence-corrected chi connectivity index (χ0v) is 18.8. The Balaban J connectivity index is 1.60. The number of nitrogens with zero attached hydrogens (tertiary/aromatic N) is 2. The van der Waals surface area contributed by atoms with Crippen molar-refractivity contribution in [2.75, 3.05) is 18.5 Å². The molecular formula is C27H25FN4O2. The molecule has 2 aromatic heterocycles. The molecule has 0 saturated heterocycles. The molecule has 172 valence electrons. The summed E-state index contributed by atoms with van der Waals surface area (Å²) in [6, 6.07) is 14.3. The van der Waals surface area contributed by atoms with Gasteiger partial charge in [-0.05, 0) is 66.8 Å². The number of benzene rings is 2. The summed E-state index contributed by atoms with van der Waals surface area (Å²) in [6.07, 6.45) is 5.09. The molecule has 2 heterocycles. The molecule has 6 nitrogen and oxygen atoms in total. The van der Waals surface area contributed by atoms with Crippen LogP contribution in [0.2, 0.25) is 0 Å². The highest BCUT2D eigenvalue weighted by Crippen LogP contribution is 2.38. The fourth-order valence-corrected chi connectivity index (χ4v) is 4.01. The first-order valence-corrected chi connectivity index (χ1v) is 11.3. The molecule has 5 rings (SSSR count). The van der Waals surface area contributed by atoms with E-state index in [4.69, 9.17) is 10.5 Å². The third-order valence-electron chi connectivity index (χ3n) is 5.83. The Morgan fingerprint density at radius 2 is 1.94 bits per heavy atom. The average molecular weight is 457 g/mol. The van der Waals surface area contributed by atoms with E-state index in [1.54, 1.807) is 18.5 Å². The third kappa shape index (κ3) is 4.61. The molecule has 1 aliphatic rings. The molecular weight excluding hydrogens is 431 g/mol. The second-order valence-corrected chi connectivity index (χ2v) is 8.58. The second-order valence-electron chi connectivity index (χ2n) is 8.58. The number of hydrogen-bond donors (Lipinski definition) is 2. The van der Waals surface area contributed by atoms with Crippen molar-refractivity contribution in [3.8, 4) is 17.0 Å². The Bertz CT molecular complexity index is 1350. The molecule has 0 spiro atoms. The van der Waals surface area contributed by atoms with Gasteiger partial charge in [0.1, 0.15) is 12.4 Å². The predicted octanol–water partition coefficient (Wildman–Crippen LogP) is 5.42. The Kier molecular flexibility index (Phi) is 5.94. The smallest absolute Gasteiger partial charge is 0.213 e. The Morgan fingerprint density at radius 3 is 2.65 bits per heavy atom. The van der Waals surface area contributed by atoms with E-state index < -0.39 is 0 Å². The van der Waals surface area contributed by atoms with E-state index in [9.17, 15) is 9.18 Å². The van der Waals surface area contributed by atoms with Gasteiger partial charge in [0.05, 0.1) is 28.7 Å². The number of fused-ring (bicyclic) bond motifs is 1. The van der Waals surface area contributed by atoms with Crippen LogP contribution in [0.5, 0.6) is 5.88 Å². The van der Waals surface area contributed by atoms with Gasteiger partial charge in [-0.3, -0.25) is 9.78 Å². The zero-order chi connectivity index (χ0) is 23.7. The van der Waals surface area contributed by atoms with Gasteiger partial charge in [0, 0.05) is 30.1 Å². The van der Waals surface area contributed by atoms with Crippen LogP contribution in [0.25, 0.3) is 22.0 Å². The van der Waals surface area contributed by atoms with Crippen molar-refractivity contribution in [2.24, 2.45) is 11.7 Å². The number of rotatable bonds is 8. The second kappa shape index (κ2) is 9.19. The topological polar surface area (TPSA) is 90.1 Å². The Labute approximate surface area is 197 Å². The summed E-state index contributed by atoms with van der Waals surface area (Å²) >= 11 is 0. The molecule has 34 heavy (non-hydrogen) atoms. The highest BCUT2D eigenvalue weighted by Gasteiger charge is 2.32. The van der Waals surface area contributed by atoms with Gasteiger partial charge in [0.2, 0.25) is 5.88 Å². The largest absolute Gasteiger partial charge is 0.476 e. The van der Waals surface area contributed by atoms with Gasteiger partial charge in [-0.1, -0.05) is 12.1 Å². The number of ketones is 1. The van der Waals surface area contributed by atoms with Crippen molar-refractivity contribution >= 4 is 28.1 Å². The van der Waals surface area contributed by atoms with Crippen molar-refractivity contribution < 1.29 is 13.9 Å². The van der Waals surface area contributed by atoms with Crippen molar-refractivity contribution in [3.63, 3.8) is 0 Å². The normalized spacial score (nSPS) is 13.1. The molecule has 3 N–H and O–H groups in total. The molecule has 0 bridgehead atoms. The van der Waals surface area contributed by atoms with Crippen LogP contribution in [0.3, 0.4) is 0 Å². The minimum Gasteiger partial charge on any atom is -0.476 e. The number of aromatic nitrogens is 2. The molecule has 0 unspecified atom stereocenters. The number of anilines is 2. The first-order chi connectivity index (χ1) is 16.5. The Hall–Kier alpha value is -3.84. The minimum absolute atomic E-state index is 0.0408. The maximum atomic E-state index is 14.1. The van der Waals surface area contributed by atoms with Gasteiger partial charge in [-0.15, -0.1) is 0 Å². The van der Waals surface area contributed by atoms with Crippen LogP contribution in [-0.2, 0) is 0 Å². The highest BCUT2D eigenvalue weighted by atomic mass is 19.1. The fourth-order valence-electron chi connectivity index (χ4n) is 4.01. The molecule has 1 fully saturated rings. The van der Waals surface area contributed by atoms with Gasteiger partial charge >= 0.3 is 0 Å². The van der Waals surface area contributed by atoms with Crippen LogP contribution in [0.4, 0.5) is 15.8 Å². The maximum Gasteiger partial charge on any atom is 0.213 e. The number of nitrogens with two attached hydrogens (primary N) is 1. The van der Waals surface area contributed by atoms with Crippen molar-refractivity contribution in [3.05, 3.63) is 77.9 Å². The lowest BCUT2D eigenvalue weighted by Crippen LogP contribution is -2.11. The maximum absolute atomic E-state index is 14.1. The summed E-state index contributed by atoms with van der Waals surface area (Å²) in [5.74, 6) is 0.319. The molecule has 2 aromatic carbocycles. The molecule has 7 heteroatoms. The molecule has 1 aliphatic carbocycles. The van der Waals surface area contributed by atoms with Crippen LogP contribution in [0, 0.1) is 18.7 Å². The molecule has 0 radical (unpaired) electrons. The van der Waals surface area contributed by atoms with Crippen molar-refractivity contribution in [2.45, 2.75) is 19.8 Å². The van der Waals surface area contributed by atoms with E-state index in [2.05, 4.69) is 15.3 Å². The van der Waals surface area contributed by atoms with Crippen LogP contribution in [0.1, 0.15) is 28.8 Å². The van der Waals surface area contributed by atoms with Gasteiger partial charge in [-0.25, -0.2) is 9.37 Å².